The van der Waals surface area contributed by atoms with Crippen molar-refractivity contribution in [2.45, 2.75) is 65.6 Å². The summed E-state index contributed by atoms with van der Waals surface area (Å²) in [6.45, 7) is 10.4. The Bertz CT molecular complexity index is 1040. The Morgan fingerprint density at radius 1 is 1.18 bits per heavy atom. The van der Waals surface area contributed by atoms with E-state index in [1.165, 1.54) is 31.2 Å². The second-order valence-electron chi connectivity index (χ2n) is 9.36. The first-order valence-corrected chi connectivity index (χ1v) is 12.3. The number of nitrogens with one attached hydrogen (secondary N) is 1. The summed E-state index contributed by atoms with van der Waals surface area (Å²) < 4.78 is 7.47. The highest BCUT2D eigenvalue weighted by atomic mass is 16.5. The maximum Gasteiger partial charge on any atom is 0.262 e. The van der Waals surface area contributed by atoms with Gasteiger partial charge in [-0.15, -0.1) is 0 Å². The summed E-state index contributed by atoms with van der Waals surface area (Å²) in [5, 5.41) is 12.6. The normalized spacial score (nSPS) is 16.0. The average molecular weight is 463 g/mol. The molecule has 0 radical (unpaired) electrons. The van der Waals surface area contributed by atoms with Crippen molar-refractivity contribution in [3.8, 4) is 6.07 Å². The van der Waals surface area contributed by atoms with Crippen LogP contribution in [-0.4, -0.2) is 42.2 Å². The Labute approximate surface area is 204 Å². The van der Waals surface area contributed by atoms with Crippen molar-refractivity contribution >= 4 is 12.0 Å². The standard InChI is InChI=1S/C28H38N4O2/c1-21-14-26(23(3)32(21)22(2)20-34-4)16-27(17-29)28(33)30-18-24-10-9-11-25(15-24)19-31-12-7-5-6-8-13-31/h9-11,14-16,22H,5-8,12-13,18-20H2,1-4H3,(H,30,33). The zero-order valence-corrected chi connectivity index (χ0v) is 21.1. The molecule has 1 unspecified atom stereocenters. The topological polar surface area (TPSA) is 70.3 Å². The number of likely N-dealkylation sites (tertiary alicyclic amines) is 1. The first-order valence-electron chi connectivity index (χ1n) is 12.3. The van der Waals surface area contributed by atoms with Gasteiger partial charge in [0, 0.05) is 31.6 Å². The minimum absolute atomic E-state index is 0.111. The molecular weight excluding hydrogens is 424 g/mol. The third-order valence-electron chi connectivity index (χ3n) is 6.59. The van der Waals surface area contributed by atoms with E-state index in [1.54, 1.807) is 13.2 Å². The number of aryl methyl sites for hydroxylation is 1. The summed E-state index contributed by atoms with van der Waals surface area (Å²) in [7, 11) is 1.69. The molecule has 2 aromatic rings. The summed E-state index contributed by atoms with van der Waals surface area (Å²) in [4.78, 5) is 15.3. The highest BCUT2D eigenvalue weighted by Gasteiger charge is 2.16. The fourth-order valence-electron chi connectivity index (χ4n) is 4.91. The number of methoxy groups -OCH3 is 1. The minimum Gasteiger partial charge on any atom is -0.383 e. The molecule has 6 heteroatoms. The van der Waals surface area contributed by atoms with Gasteiger partial charge in [-0.25, -0.2) is 0 Å². The molecule has 1 aliphatic heterocycles. The lowest BCUT2D eigenvalue weighted by atomic mass is 10.1. The van der Waals surface area contributed by atoms with Crippen LogP contribution >= 0.6 is 0 Å². The number of aromatic nitrogens is 1. The molecule has 2 heterocycles. The van der Waals surface area contributed by atoms with E-state index in [2.05, 4.69) is 39.9 Å². The van der Waals surface area contributed by atoms with Gasteiger partial charge < -0.3 is 14.6 Å². The molecule has 1 atom stereocenters. The molecular formula is C28H38N4O2. The van der Waals surface area contributed by atoms with Crippen LogP contribution < -0.4 is 5.32 Å². The van der Waals surface area contributed by atoms with Gasteiger partial charge in [0.05, 0.1) is 12.6 Å². The van der Waals surface area contributed by atoms with Crippen molar-refractivity contribution in [1.29, 1.82) is 5.26 Å². The summed E-state index contributed by atoms with van der Waals surface area (Å²) in [6.07, 6.45) is 6.88. The molecule has 1 amide bonds. The molecule has 0 aliphatic carbocycles. The van der Waals surface area contributed by atoms with E-state index in [9.17, 15) is 10.1 Å². The van der Waals surface area contributed by atoms with Crippen molar-refractivity contribution < 1.29 is 9.53 Å². The monoisotopic (exact) mass is 462 g/mol. The lowest BCUT2D eigenvalue weighted by Crippen LogP contribution is -2.25. The minimum atomic E-state index is -0.352. The number of hydrogen-bond acceptors (Lipinski definition) is 4. The number of ether oxygens (including phenoxy) is 1. The molecule has 182 valence electrons. The number of nitriles is 1. The molecule has 34 heavy (non-hydrogen) atoms. The third-order valence-corrected chi connectivity index (χ3v) is 6.59. The number of hydrogen-bond donors (Lipinski definition) is 1. The predicted octanol–water partition coefficient (Wildman–Crippen LogP) is 4.91. The van der Waals surface area contributed by atoms with E-state index >= 15 is 0 Å². The fourth-order valence-corrected chi connectivity index (χ4v) is 4.91. The van der Waals surface area contributed by atoms with E-state index in [1.807, 2.05) is 32.0 Å². The van der Waals surface area contributed by atoms with Crippen LogP contribution in [0.4, 0.5) is 0 Å². The van der Waals surface area contributed by atoms with Crippen LogP contribution in [0.2, 0.25) is 0 Å². The van der Waals surface area contributed by atoms with E-state index in [0.29, 0.717) is 13.2 Å². The summed E-state index contributed by atoms with van der Waals surface area (Å²) in [5.41, 5.74) is 5.40. The average Bonchev–Trinajstić information content (AvgIpc) is 2.97. The number of amides is 1. The SMILES string of the molecule is COCC(C)n1c(C)cc(C=C(C#N)C(=O)NCc2cccc(CN3CCCCCC3)c2)c1C. The van der Waals surface area contributed by atoms with Crippen LogP contribution in [0.25, 0.3) is 6.08 Å². The molecule has 1 aromatic heterocycles. The predicted molar refractivity (Wildman–Crippen MR) is 136 cm³/mol. The highest BCUT2D eigenvalue weighted by Crippen LogP contribution is 2.23. The van der Waals surface area contributed by atoms with E-state index in [0.717, 1.165) is 42.1 Å². The van der Waals surface area contributed by atoms with Crippen LogP contribution in [0.1, 0.15) is 66.7 Å². The van der Waals surface area contributed by atoms with Gasteiger partial charge in [-0.05, 0) is 75.5 Å². The van der Waals surface area contributed by atoms with Gasteiger partial charge in [-0.1, -0.05) is 37.1 Å². The molecule has 0 saturated carbocycles. The number of nitrogens with zero attached hydrogens (tertiary/aromatic N) is 3. The lowest BCUT2D eigenvalue weighted by Gasteiger charge is -2.20. The molecule has 1 aromatic carbocycles. The Morgan fingerprint density at radius 3 is 2.56 bits per heavy atom. The van der Waals surface area contributed by atoms with Gasteiger partial charge in [0.1, 0.15) is 11.6 Å². The molecule has 1 aliphatic rings. The Hall–Kier alpha value is -2.88. The van der Waals surface area contributed by atoms with Crippen LogP contribution in [-0.2, 0) is 22.6 Å². The third kappa shape index (κ3) is 6.82. The van der Waals surface area contributed by atoms with Gasteiger partial charge in [0.25, 0.3) is 5.91 Å². The molecule has 0 bridgehead atoms. The van der Waals surface area contributed by atoms with Gasteiger partial charge in [-0.2, -0.15) is 5.26 Å². The molecule has 1 fully saturated rings. The van der Waals surface area contributed by atoms with Crippen molar-refractivity contribution in [2.75, 3.05) is 26.8 Å². The first-order chi connectivity index (χ1) is 16.4. The zero-order chi connectivity index (χ0) is 24.5. The Kier molecular flexibility index (Phi) is 9.50. The van der Waals surface area contributed by atoms with E-state index in [4.69, 9.17) is 4.74 Å². The van der Waals surface area contributed by atoms with Crippen LogP contribution in [0.5, 0.6) is 0 Å². The number of carbonyl (C=O) groups excluding carboxylic acids is 1. The number of benzene rings is 1. The largest absolute Gasteiger partial charge is 0.383 e. The molecule has 1 N–H and O–H groups in total. The van der Waals surface area contributed by atoms with E-state index < -0.39 is 0 Å². The van der Waals surface area contributed by atoms with Gasteiger partial charge in [0.15, 0.2) is 0 Å². The van der Waals surface area contributed by atoms with Crippen molar-refractivity contribution in [1.82, 2.24) is 14.8 Å². The molecule has 0 spiro atoms. The van der Waals surface area contributed by atoms with E-state index in [-0.39, 0.29) is 17.5 Å². The Morgan fingerprint density at radius 2 is 1.88 bits per heavy atom. The molecule has 3 rings (SSSR count). The highest BCUT2D eigenvalue weighted by molar-refractivity contribution is 6.01. The quantitative estimate of drug-likeness (QED) is 0.425. The second-order valence-corrected chi connectivity index (χ2v) is 9.36. The van der Waals surface area contributed by atoms with Crippen LogP contribution in [0.3, 0.4) is 0 Å². The molecule has 1 saturated heterocycles. The van der Waals surface area contributed by atoms with Gasteiger partial charge in [0.2, 0.25) is 0 Å². The fraction of sp³-hybridized carbons (Fsp3) is 0.500. The lowest BCUT2D eigenvalue weighted by molar-refractivity contribution is -0.117. The maximum atomic E-state index is 12.8. The van der Waals surface area contributed by atoms with Crippen LogP contribution in [0.15, 0.2) is 35.9 Å². The summed E-state index contributed by atoms with van der Waals surface area (Å²) in [6, 6.07) is 12.6. The van der Waals surface area contributed by atoms with Crippen LogP contribution in [0, 0.1) is 25.2 Å². The van der Waals surface area contributed by atoms with Gasteiger partial charge in [-0.3, -0.25) is 9.69 Å². The zero-order valence-electron chi connectivity index (χ0n) is 21.1. The maximum absolute atomic E-state index is 12.8. The summed E-state index contributed by atoms with van der Waals surface area (Å²) >= 11 is 0. The second kappa shape index (κ2) is 12.5. The smallest absolute Gasteiger partial charge is 0.262 e. The number of carbonyl (C=O) groups is 1. The van der Waals surface area contributed by atoms with Crippen molar-refractivity contribution in [2.24, 2.45) is 0 Å². The van der Waals surface area contributed by atoms with Crippen molar-refractivity contribution in [3.05, 3.63) is 64.0 Å². The first kappa shape index (κ1) is 25.7. The number of rotatable bonds is 9. The summed E-state index contributed by atoms with van der Waals surface area (Å²) in [5.74, 6) is -0.352. The Balaban J connectivity index is 1.65. The molecule has 6 nitrogen and oxygen atoms in total. The van der Waals surface area contributed by atoms with Crippen molar-refractivity contribution in [3.63, 3.8) is 0 Å². The van der Waals surface area contributed by atoms with Gasteiger partial charge >= 0.3 is 0 Å².